The first-order valence-electron chi connectivity index (χ1n) is 11.7. The Morgan fingerprint density at radius 2 is 1.68 bits per heavy atom. The van der Waals surface area contributed by atoms with Gasteiger partial charge in [-0.25, -0.2) is 4.79 Å². The summed E-state index contributed by atoms with van der Waals surface area (Å²) in [5.74, 6) is -0.635. The van der Waals surface area contributed by atoms with Gasteiger partial charge in [0.25, 0.3) is 11.5 Å². The maximum absolute atomic E-state index is 13.9. The summed E-state index contributed by atoms with van der Waals surface area (Å²) in [6.07, 6.45) is -3.59. The number of aliphatic hydroxyl groups excluding tert-OH is 2. The lowest BCUT2D eigenvalue weighted by Gasteiger charge is -2.39. The standard InChI is InChI=1S/C27H23N3O7/c1-29(27(36)23(33)19(13-31)37-25(27)30-12-11-20(32)28-26(30)35)24(34)18-10-8-16-6-5-14-3-2-4-15-7-9-17(18)22(16)21(14)15/h2-12,19,23,25,31,33,36H,13H2,1H3,(H,28,32,35)/t19-,23-,25-,27-/m1/s1. The predicted molar refractivity (Wildman–Crippen MR) is 136 cm³/mol. The van der Waals surface area contributed by atoms with Crippen LogP contribution in [0.25, 0.3) is 32.3 Å². The van der Waals surface area contributed by atoms with Crippen molar-refractivity contribution in [2.24, 2.45) is 0 Å². The first-order chi connectivity index (χ1) is 17.8. The Labute approximate surface area is 208 Å². The average molecular weight is 501 g/mol. The van der Waals surface area contributed by atoms with Crippen LogP contribution in [0.4, 0.5) is 0 Å². The van der Waals surface area contributed by atoms with E-state index in [1.807, 2.05) is 48.5 Å². The van der Waals surface area contributed by atoms with Gasteiger partial charge in [-0.05, 0) is 38.4 Å². The second-order valence-electron chi connectivity index (χ2n) is 9.29. The van der Waals surface area contributed by atoms with Crippen LogP contribution in [-0.4, -0.2) is 67.3 Å². The number of benzene rings is 4. The second kappa shape index (κ2) is 8.22. The van der Waals surface area contributed by atoms with Gasteiger partial charge in [0.1, 0.15) is 12.2 Å². The molecule has 0 aliphatic carbocycles. The normalized spacial score (nSPS) is 23.8. The van der Waals surface area contributed by atoms with Crippen molar-refractivity contribution in [2.75, 3.05) is 13.7 Å². The molecule has 10 nitrogen and oxygen atoms in total. The zero-order valence-electron chi connectivity index (χ0n) is 19.7. The Morgan fingerprint density at radius 3 is 2.35 bits per heavy atom. The molecule has 0 saturated carbocycles. The maximum atomic E-state index is 13.9. The summed E-state index contributed by atoms with van der Waals surface area (Å²) in [5, 5.41) is 38.0. The number of aliphatic hydroxyl groups is 3. The van der Waals surface area contributed by atoms with Crippen molar-refractivity contribution in [1.29, 1.82) is 0 Å². The van der Waals surface area contributed by atoms with E-state index in [0.717, 1.165) is 48.7 Å². The first kappa shape index (κ1) is 23.3. The molecule has 1 fully saturated rings. The van der Waals surface area contributed by atoms with Gasteiger partial charge in [-0.15, -0.1) is 0 Å². The molecule has 4 aromatic carbocycles. The zero-order chi connectivity index (χ0) is 26.1. The van der Waals surface area contributed by atoms with Crippen LogP contribution < -0.4 is 11.2 Å². The molecular weight excluding hydrogens is 478 g/mol. The zero-order valence-corrected chi connectivity index (χ0v) is 19.7. The SMILES string of the molecule is CN(C(=O)c1ccc2ccc3cccc4ccc1c2c34)[C@@]1(O)[C@H](O)[C@@H](CO)O[C@H]1n1ccc(=O)[nH]c1=O. The first-order valence-corrected chi connectivity index (χ1v) is 11.7. The van der Waals surface area contributed by atoms with Crippen molar-refractivity contribution in [3.63, 3.8) is 0 Å². The van der Waals surface area contributed by atoms with E-state index in [1.165, 1.54) is 7.05 Å². The van der Waals surface area contributed by atoms with Gasteiger partial charge in [-0.1, -0.05) is 48.5 Å². The fourth-order valence-corrected chi connectivity index (χ4v) is 5.41. The van der Waals surface area contributed by atoms with E-state index in [2.05, 4.69) is 4.98 Å². The lowest BCUT2D eigenvalue weighted by molar-refractivity contribution is -0.180. The van der Waals surface area contributed by atoms with Crippen molar-refractivity contribution in [2.45, 2.75) is 24.2 Å². The van der Waals surface area contributed by atoms with Gasteiger partial charge < -0.3 is 25.0 Å². The average Bonchev–Trinajstić information content (AvgIpc) is 3.17. The number of hydrogen-bond acceptors (Lipinski definition) is 7. The molecule has 1 aromatic heterocycles. The van der Waals surface area contributed by atoms with Crippen LogP contribution in [-0.2, 0) is 4.74 Å². The lowest BCUT2D eigenvalue weighted by Crippen LogP contribution is -2.61. The van der Waals surface area contributed by atoms with Crippen molar-refractivity contribution < 1.29 is 24.9 Å². The molecule has 0 bridgehead atoms. The van der Waals surface area contributed by atoms with Crippen molar-refractivity contribution in [3.05, 3.63) is 93.3 Å². The Morgan fingerprint density at radius 1 is 1.03 bits per heavy atom. The highest BCUT2D eigenvalue weighted by molar-refractivity contribution is 6.26. The van der Waals surface area contributed by atoms with E-state index in [9.17, 15) is 29.7 Å². The van der Waals surface area contributed by atoms with Crippen LogP contribution in [0.5, 0.6) is 0 Å². The van der Waals surface area contributed by atoms with Crippen LogP contribution in [0.1, 0.15) is 16.6 Å². The highest BCUT2D eigenvalue weighted by Gasteiger charge is 2.60. The summed E-state index contributed by atoms with van der Waals surface area (Å²) in [6, 6.07) is 18.3. The van der Waals surface area contributed by atoms with Crippen molar-refractivity contribution >= 4 is 38.2 Å². The highest BCUT2D eigenvalue weighted by Crippen LogP contribution is 2.42. The number of rotatable bonds is 4. The third-order valence-electron chi connectivity index (χ3n) is 7.34. The van der Waals surface area contributed by atoms with Crippen LogP contribution >= 0.6 is 0 Å². The fraction of sp³-hybridized carbons (Fsp3) is 0.222. The minimum Gasteiger partial charge on any atom is -0.394 e. The minimum absolute atomic E-state index is 0.272. The molecule has 5 aromatic rings. The molecule has 1 saturated heterocycles. The molecule has 0 unspecified atom stereocenters. The third kappa shape index (κ3) is 3.24. The van der Waals surface area contributed by atoms with Gasteiger partial charge in [0, 0.05) is 24.9 Å². The molecule has 1 amide bonds. The molecule has 4 atom stereocenters. The van der Waals surface area contributed by atoms with Crippen LogP contribution in [0, 0.1) is 0 Å². The summed E-state index contributed by atoms with van der Waals surface area (Å²) in [6.45, 7) is -0.682. The number of aromatic nitrogens is 2. The number of ether oxygens (including phenoxy) is 1. The Bertz CT molecular complexity index is 1780. The van der Waals surface area contributed by atoms with Gasteiger partial charge in [0.05, 0.1) is 6.61 Å². The van der Waals surface area contributed by atoms with E-state index in [0.29, 0.717) is 5.39 Å². The lowest BCUT2D eigenvalue weighted by atomic mass is 9.91. The summed E-state index contributed by atoms with van der Waals surface area (Å²) < 4.78 is 6.50. The summed E-state index contributed by atoms with van der Waals surface area (Å²) in [4.78, 5) is 41.0. The molecule has 1 aliphatic heterocycles. The number of H-pyrrole nitrogens is 1. The number of amides is 1. The Hall–Kier alpha value is -4.09. The van der Waals surface area contributed by atoms with Crippen LogP contribution in [0.2, 0.25) is 0 Å². The molecule has 37 heavy (non-hydrogen) atoms. The predicted octanol–water partition coefficient (Wildman–Crippen LogP) is 1.15. The molecule has 2 heterocycles. The number of carbonyl (C=O) groups excluding carboxylic acids is 1. The number of hydrogen-bond donors (Lipinski definition) is 4. The van der Waals surface area contributed by atoms with E-state index < -0.39 is 47.9 Å². The number of nitrogens with one attached hydrogen (secondary N) is 1. The smallest absolute Gasteiger partial charge is 0.330 e. The van der Waals surface area contributed by atoms with Gasteiger partial charge in [-0.3, -0.25) is 19.1 Å². The van der Waals surface area contributed by atoms with Gasteiger partial charge in [-0.2, -0.15) is 0 Å². The van der Waals surface area contributed by atoms with E-state index in [-0.39, 0.29) is 5.56 Å². The van der Waals surface area contributed by atoms with Crippen LogP contribution in [0.3, 0.4) is 0 Å². The summed E-state index contributed by atoms with van der Waals surface area (Å²) in [5.41, 5.74) is -3.77. The van der Waals surface area contributed by atoms with E-state index in [4.69, 9.17) is 4.74 Å². The largest absolute Gasteiger partial charge is 0.394 e. The molecule has 0 radical (unpaired) electrons. The number of likely N-dealkylation sites (N-methyl/N-ethyl adjacent to an activating group) is 1. The molecule has 4 N–H and O–H groups in total. The second-order valence-corrected chi connectivity index (χ2v) is 9.29. The molecule has 1 aliphatic rings. The minimum atomic E-state index is -2.46. The monoisotopic (exact) mass is 501 g/mol. The fourth-order valence-electron chi connectivity index (χ4n) is 5.41. The molecule has 0 spiro atoms. The topological polar surface area (TPSA) is 145 Å². The van der Waals surface area contributed by atoms with Crippen molar-refractivity contribution in [3.8, 4) is 0 Å². The number of aromatic amines is 1. The Kier molecular flexibility index (Phi) is 5.18. The Balaban J connectivity index is 1.51. The van der Waals surface area contributed by atoms with Crippen LogP contribution in [0.15, 0.2) is 76.4 Å². The molecule has 10 heteroatoms. The maximum Gasteiger partial charge on any atom is 0.330 e. The summed E-state index contributed by atoms with van der Waals surface area (Å²) >= 11 is 0. The van der Waals surface area contributed by atoms with E-state index in [1.54, 1.807) is 6.07 Å². The number of nitrogens with zero attached hydrogens (tertiary/aromatic N) is 2. The third-order valence-corrected chi connectivity index (χ3v) is 7.34. The van der Waals surface area contributed by atoms with Gasteiger partial charge >= 0.3 is 5.69 Å². The quantitative estimate of drug-likeness (QED) is 0.214. The van der Waals surface area contributed by atoms with Gasteiger partial charge in [0.15, 0.2) is 6.23 Å². The van der Waals surface area contributed by atoms with Gasteiger partial charge in [0.2, 0.25) is 5.72 Å². The van der Waals surface area contributed by atoms with Crippen molar-refractivity contribution in [1.82, 2.24) is 14.5 Å². The molecule has 6 rings (SSSR count). The highest BCUT2D eigenvalue weighted by atomic mass is 16.6. The number of carbonyl (C=O) groups is 1. The van der Waals surface area contributed by atoms with E-state index >= 15 is 0 Å². The summed E-state index contributed by atoms with van der Waals surface area (Å²) in [7, 11) is 1.29. The molecule has 188 valence electrons. The molecular formula is C27H23N3O7.